The van der Waals surface area contributed by atoms with Gasteiger partial charge < -0.3 is 15.8 Å². The Kier molecular flexibility index (Phi) is 6.21. The fourth-order valence-electron chi connectivity index (χ4n) is 1.30. The molecule has 3 N–H and O–H groups in total. The van der Waals surface area contributed by atoms with E-state index < -0.39 is 11.7 Å². The molecule has 1 amide bonds. The number of amides is 1. The molecular weight excluding hydrogens is 223 g/mol. The van der Waals surface area contributed by atoms with Gasteiger partial charge in [-0.1, -0.05) is 12.1 Å². The highest BCUT2D eigenvalue weighted by molar-refractivity contribution is 5.94. The van der Waals surface area contributed by atoms with E-state index in [-0.39, 0.29) is 5.56 Å². The first-order valence-corrected chi connectivity index (χ1v) is 5.56. The van der Waals surface area contributed by atoms with Crippen LogP contribution in [0.15, 0.2) is 24.3 Å². The zero-order chi connectivity index (χ0) is 12.5. The van der Waals surface area contributed by atoms with Gasteiger partial charge in [0, 0.05) is 19.7 Å². The average Bonchev–Trinajstić information content (AvgIpc) is 2.34. The van der Waals surface area contributed by atoms with E-state index in [1.807, 2.05) is 0 Å². The summed E-state index contributed by atoms with van der Waals surface area (Å²) in [6, 6.07) is 5.89. The highest BCUT2D eigenvalue weighted by atomic mass is 19.1. The third-order valence-corrected chi connectivity index (χ3v) is 2.13. The monoisotopic (exact) mass is 240 g/mol. The number of ether oxygens (including phenoxy) is 1. The molecule has 0 atom stereocenters. The maximum atomic E-state index is 13.2. The lowest BCUT2D eigenvalue weighted by Gasteiger charge is -2.06. The fraction of sp³-hybridized carbons (Fsp3) is 0.417. The van der Waals surface area contributed by atoms with Gasteiger partial charge in [-0.15, -0.1) is 0 Å². The Morgan fingerprint density at radius 3 is 2.82 bits per heavy atom. The zero-order valence-electron chi connectivity index (χ0n) is 9.62. The first-order valence-electron chi connectivity index (χ1n) is 5.56. The van der Waals surface area contributed by atoms with Crippen LogP contribution in [0, 0.1) is 5.82 Å². The molecule has 0 aromatic heterocycles. The summed E-state index contributed by atoms with van der Waals surface area (Å²) >= 11 is 0. The number of halogens is 1. The van der Waals surface area contributed by atoms with Gasteiger partial charge in [0.2, 0.25) is 0 Å². The molecule has 0 radical (unpaired) electrons. The lowest BCUT2D eigenvalue weighted by Crippen LogP contribution is -2.26. The number of rotatable bonds is 7. The van der Waals surface area contributed by atoms with Crippen LogP contribution in [0.3, 0.4) is 0 Å². The Morgan fingerprint density at radius 2 is 2.12 bits per heavy atom. The van der Waals surface area contributed by atoms with Gasteiger partial charge in [-0.3, -0.25) is 4.79 Å². The number of nitrogens with one attached hydrogen (secondary N) is 1. The molecule has 17 heavy (non-hydrogen) atoms. The van der Waals surface area contributed by atoms with E-state index in [1.54, 1.807) is 12.1 Å². The van der Waals surface area contributed by atoms with Crippen molar-refractivity contribution in [3.8, 4) is 0 Å². The number of hydrogen-bond acceptors (Lipinski definition) is 3. The first-order chi connectivity index (χ1) is 8.25. The van der Waals surface area contributed by atoms with Gasteiger partial charge in [-0.25, -0.2) is 4.39 Å². The summed E-state index contributed by atoms with van der Waals surface area (Å²) in [5.41, 5.74) is 5.31. The Morgan fingerprint density at radius 1 is 1.35 bits per heavy atom. The van der Waals surface area contributed by atoms with Gasteiger partial charge in [0.05, 0.1) is 12.2 Å². The van der Waals surface area contributed by atoms with Crippen molar-refractivity contribution in [3.05, 3.63) is 35.6 Å². The van der Waals surface area contributed by atoms with E-state index in [4.69, 9.17) is 10.5 Å². The summed E-state index contributed by atoms with van der Waals surface area (Å²) in [6.45, 7) is 2.00. The minimum atomic E-state index is -0.510. The summed E-state index contributed by atoms with van der Waals surface area (Å²) < 4.78 is 18.4. The third-order valence-electron chi connectivity index (χ3n) is 2.13. The van der Waals surface area contributed by atoms with Gasteiger partial charge in [-0.05, 0) is 18.6 Å². The topological polar surface area (TPSA) is 64.3 Å². The second-order valence-corrected chi connectivity index (χ2v) is 3.49. The van der Waals surface area contributed by atoms with Gasteiger partial charge >= 0.3 is 0 Å². The van der Waals surface area contributed by atoms with Crippen LogP contribution in [0.1, 0.15) is 16.8 Å². The molecular formula is C12H17FN2O2. The molecule has 1 aromatic carbocycles. The molecule has 94 valence electrons. The van der Waals surface area contributed by atoms with Crippen LogP contribution in [0.2, 0.25) is 0 Å². The number of benzene rings is 1. The predicted octanol–water partition coefficient (Wildman–Crippen LogP) is 0.921. The molecule has 1 rings (SSSR count). The zero-order valence-corrected chi connectivity index (χ0v) is 9.62. The molecule has 4 nitrogen and oxygen atoms in total. The van der Waals surface area contributed by atoms with Crippen LogP contribution < -0.4 is 11.1 Å². The van der Waals surface area contributed by atoms with E-state index in [0.29, 0.717) is 32.7 Å². The first kappa shape index (κ1) is 13.6. The molecule has 1 aromatic rings. The second kappa shape index (κ2) is 7.76. The Bertz CT molecular complexity index is 358. The minimum absolute atomic E-state index is 0.0652. The van der Waals surface area contributed by atoms with Crippen molar-refractivity contribution >= 4 is 5.91 Å². The number of carbonyl (C=O) groups is 1. The number of hydrogen-bond donors (Lipinski definition) is 2. The molecule has 0 fully saturated rings. The predicted molar refractivity (Wildman–Crippen MR) is 63.2 cm³/mol. The fourth-order valence-corrected chi connectivity index (χ4v) is 1.30. The van der Waals surface area contributed by atoms with Crippen molar-refractivity contribution in [2.45, 2.75) is 6.42 Å². The van der Waals surface area contributed by atoms with E-state index in [2.05, 4.69) is 5.32 Å². The lowest BCUT2D eigenvalue weighted by atomic mass is 10.2. The van der Waals surface area contributed by atoms with E-state index in [0.717, 1.165) is 0 Å². The maximum Gasteiger partial charge on any atom is 0.254 e. The maximum absolute atomic E-state index is 13.2. The molecule has 0 aliphatic heterocycles. The smallest absolute Gasteiger partial charge is 0.254 e. The average molecular weight is 240 g/mol. The van der Waals surface area contributed by atoms with Crippen LogP contribution in [0.4, 0.5) is 4.39 Å². The highest BCUT2D eigenvalue weighted by Crippen LogP contribution is 2.05. The van der Waals surface area contributed by atoms with Gasteiger partial charge in [0.15, 0.2) is 0 Å². The Hall–Kier alpha value is -1.46. The SMILES string of the molecule is NCCOCCCNC(=O)c1ccccc1F. The summed E-state index contributed by atoms with van der Waals surface area (Å²) in [5.74, 6) is -0.911. The number of nitrogens with two attached hydrogens (primary N) is 1. The molecule has 0 saturated carbocycles. The molecule has 0 unspecified atom stereocenters. The van der Waals surface area contributed by atoms with Crippen LogP contribution in [0.5, 0.6) is 0 Å². The molecule has 0 aliphatic carbocycles. The van der Waals surface area contributed by atoms with Gasteiger partial charge in [-0.2, -0.15) is 0 Å². The quantitative estimate of drug-likeness (QED) is 0.697. The lowest BCUT2D eigenvalue weighted by molar-refractivity contribution is 0.0939. The summed E-state index contributed by atoms with van der Waals surface area (Å²) in [5, 5.41) is 2.63. The Labute approximate surface area is 100.0 Å². The van der Waals surface area contributed by atoms with Gasteiger partial charge in [0.25, 0.3) is 5.91 Å². The molecule has 0 heterocycles. The molecule has 5 heteroatoms. The van der Waals surface area contributed by atoms with Crippen molar-refractivity contribution in [3.63, 3.8) is 0 Å². The van der Waals surface area contributed by atoms with Crippen molar-refractivity contribution < 1.29 is 13.9 Å². The second-order valence-electron chi connectivity index (χ2n) is 3.49. The van der Waals surface area contributed by atoms with Crippen molar-refractivity contribution in [2.24, 2.45) is 5.73 Å². The van der Waals surface area contributed by atoms with Gasteiger partial charge in [0.1, 0.15) is 5.82 Å². The summed E-state index contributed by atoms with van der Waals surface area (Å²) in [6.07, 6.45) is 0.681. The Balaban J connectivity index is 2.24. The highest BCUT2D eigenvalue weighted by Gasteiger charge is 2.09. The summed E-state index contributed by atoms with van der Waals surface area (Å²) in [7, 11) is 0. The number of carbonyl (C=O) groups excluding carboxylic acids is 1. The van der Waals surface area contributed by atoms with Crippen molar-refractivity contribution in [1.82, 2.24) is 5.32 Å². The van der Waals surface area contributed by atoms with E-state index >= 15 is 0 Å². The van der Waals surface area contributed by atoms with Crippen LogP contribution in [-0.2, 0) is 4.74 Å². The standard InChI is InChI=1S/C12H17FN2O2/c13-11-5-2-1-4-10(11)12(16)15-7-3-8-17-9-6-14/h1-2,4-5H,3,6-9,14H2,(H,15,16). The van der Waals surface area contributed by atoms with Crippen LogP contribution >= 0.6 is 0 Å². The largest absolute Gasteiger partial charge is 0.380 e. The van der Waals surface area contributed by atoms with Crippen molar-refractivity contribution in [2.75, 3.05) is 26.3 Å². The van der Waals surface area contributed by atoms with E-state index in [1.165, 1.54) is 12.1 Å². The third kappa shape index (κ3) is 4.93. The molecule has 0 bridgehead atoms. The molecule has 0 saturated heterocycles. The minimum Gasteiger partial charge on any atom is -0.380 e. The summed E-state index contributed by atoms with van der Waals surface area (Å²) in [4.78, 5) is 11.5. The molecule has 0 spiro atoms. The molecule has 0 aliphatic rings. The normalized spacial score (nSPS) is 10.2. The van der Waals surface area contributed by atoms with Crippen LogP contribution in [-0.4, -0.2) is 32.2 Å². The van der Waals surface area contributed by atoms with Crippen LogP contribution in [0.25, 0.3) is 0 Å². The van der Waals surface area contributed by atoms with Crippen molar-refractivity contribution in [1.29, 1.82) is 0 Å². The van der Waals surface area contributed by atoms with E-state index in [9.17, 15) is 9.18 Å².